The van der Waals surface area contributed by atoms with Crippen molar-refractivity contribution in [3.8, 4) is 0 Å². The Labute approximate surface area is 118 Å². The van der Waals surface area contributed by atoms with Gasteiger partial charge in [-0.1, -0.05) is 44.5 Å². The summed E-state index contributed by atoms with van der Waals surface area (Å²) in [4.78, 5) is 0. The average molecular weight is 285 g/mol. The van der Waals surface area contributed by atoms with Crippen molar-refractivity contribution in [1.82, 2.24) is 0 Å². The minimum Gasteiger partial charge on any atom is -0.321 e. The van der Waals surface area contributed by atoms with E-state index >= 15 is 0 Å². The first-order chi connectivity index (χ1) is 9.22. The van der Waals surface area contributed by atoms with Gasteiger partial charge in [0.2, 0.25) is 0 Å². The molecule has 1 fully saturated rings. The lowest BCUT2D eigenvalue weighted by Gasteiger charge is -2.39. The first-order valence-corrected chi connectivity index (χ1v) is 7.18. The van der Waals surface area contributed by atoms with Gasteiger partial charge in [0.05, 0.1) is 5.92 Å². The Hall–Kier alpha value is -1.03. The van der Waals surface area contributed by atoms with E-state index in [1.54, 1.807) is 0 Å². The quantitative estimate of drug-likeness (QED) is 0.836. The van der Waals surface area contributed by atoms with Crippen LogP contribution in [0.15, 0.2) is 24.3 Å². The minimum atomic E-state index is -4.14. The molecule has 4 heteroatoms. The average Bonchev–Trinajstić information content (AvgIpc) is 2.38. The zero-order valence-electron chi connectivity index (χ0n) is 12.0. The Kier molecular flexibility index (Phi) is 4.14. The Morgan fingerprint density at radius 3 is 2.30 bits per heavy atom. The molecule has 1 saturated carbocycles. The van der Waals surface area contributed by atoms with Gasteiger partial charge in [-0.05, 0) is 36.3 Å². The van der Waals surface area contributed by atoms with Gasteiger partial charge >= 0.3 is 6.18 Å². The molecule has 0 bridgehead atoms. The number of nitrogens with two attached hydrogens (primary N) is 1. The van der Waals surface area contributed by atoms with Crippen molar-refractivity contribution in [3.05, 3.63) is 35.4 Å². The molecule has 0 spiro atoms. The predicted molar refractivity (Wildman–Crippen MR) is 74.4 cm³/mol. The third-order valence-electron chi connectivity index (χ3n) is 4.40. The first-order valence-electron chi connectivity index (χ1n) is 7.18. The molecule has 2 atom stereocenters. The van der Waals surface area contributed by atoms with Crippen LogP contribution in [0.1, 0.15) is 56.6 Å². The zero-order chi connectivity index (χ0) is 15.0. The fraction of sp³-hybridized carbons (Fsp3) is 0.625. The Bertz CT molecular complexity index is 450. The van der Waals surface area contributed by atoms with Crippen molar-refractivity contribution in [2.75, 3.05) is 0 Å². The summed E-state index contributed by atoms with van der Waals surface area (Å²) in [5.74, 6) is -0.863. The standard InChI is InChI=1S/C16H22F3N/c1-11(2)12-5-7-13(8-6-12)15(20)9-3-4-14(10-15)16(17,18)19/h5-8,11,14H,3-4,9-10,20H2,1-2H3. The van der Waals surface area contributed by atoms with Crippen LogP contribution in [0.2, 0.25) is 0 Å². The highest BCUT2D eigenvalue weighted by Crippen LogP contribution is 2.44. The molecule has 0 radical (unpaired) electrons. The van der Waals surface area contributed by atoms with Crippen LogP contribution in [0.5, 0.6) is 0 Å². The van der Waals surface area contributed by atoms with Gasteiger partial charge in [-0.25, -0.2) is 0 Å². The normalized spacial score (nSPS) is 27.9. The molecule has 2 rings (SSSR count). The van der Waals surface area contributed by atoms with E-state index in [-0.39, 0.29) is 12.8 Å². The van der Waals surface area contributed by atoms with Crippen molar-refractivity contribution in [1.29, 1.82) is 0 Å². The van der Waals surface area contributed by atoms with E-state index in [2.05, 4.69) is 13.8 Å². The van der Waals surface area contributed by atoms with Crippen LogP contribution in [-0.2, 0) is 5.54 Å². The highest BCUT2D eigenvalue weighted by molar-refractivity contribution is 5.30. The maximum absolute atomic E-state index is 12.9. The summed E-state index contributed by atoms with van der Waals surface area (Å²) in [6.45, 7) is 4.18. The second kappa shape index (κ2) is 5.40. The predicted octanol–water partition coefficient (Wildman–Crippen LogP) is 4.72. The number of benzene rings is 1. The third-order valence-corrected chi connectivity index (χ3v) is 4.40. The van der Waals surface area contributed by atoms with E-state index in [1.165, 1.54) is 5.56 Å². The summed E-state index contributed by atoms with van der Waals surface area (Å²) in [6, 6.07) is 7.75. The summed E-state index contributed by atoms with van der Waals surface area (Å²) in [5, 5.41) is 0. The SMILES string of the molecule is CC(C)c1ccc(C2(N)CCCC(C(F)(F)F)C2)cc1. The fourth-order valence-corrected chi connectivity index (χ4v) is 3.05. The van der Waals surface area contributed by atoms with Gasteiger partial charge in [0.15, 0.2) is 0 Å². The second-order valence-electron chi connectivity index (χ2n) is 6.27. The summed E-state index contributed by atoms with van der Waals surface area (Å²) in [5.41, 5.74) is 7.46. The van der Waals surface area contributed by atoms with Crippen LogP contribution in [0.4, 0.5) is 13.2 Å². The van der Waals surface area contributed by atoms with Crippen molar-refractivity contribution in [2.45, 2.75) is 57.2 Å². The van der Waals surface area contributed by atoms with Gasteiger partial charge in [0.1, 0.15) is 0 Å². The molecule has 0 saturated heterocycles. The molecule has 0 aliphatic heterocycles. The molecule has 1 aromatic carbocycles. The van der Waals surface area contributed by atoms with E-state index < -0.39 is 17.6 Å². The van der Waals surface area contributed by atoms with Crippen LogP contribution in [0.25, 0.3) is 0 Å². The second-order valence-corrected chi connectivity index (χ2v) is 6.27. The molecular formula is C16H22F3N. The van der Waals surface area contributed by atoms with Gasteiger partial charge in [0, 0.05) is 5.54 Å². The van der Waals surface area contributed by atoms with Crippen LogP contribution in [0.3, 0.4) is 0 Å². The Balaban J connectivity index is 2.21. The highest BCUT2D eigenvalue weighted by atomic mass is 19.4. The maximum atomic E-state index is 12.9. The monoisotopic (exact) mass is 285 g/mol. The molecule has 2 N–H and O–H groups in total. The molecule has 1 aromatic rings. The van der Waals surface area contributed by atoms with E-state index in [9.17, 15) is 13.2 Å². The summed E-state index contributed by atoms with van der Waals surface area (Å²) in [7, 11) is 0. The van der Waals surface area contributed by atoms with Gasteiger partial charge in [-0.15, -0.1) is 0 Å². The Morgan fingerprint density at radius 1 is 1.20 bits per heavy atom. The molecule has 0 amide bonds. The minimum absolute atomic E-state index is 0.00246. The Morgan fingerprint density at radius 2 is 1.80 bits per heavy atom. The van der Waals surface area contributed by atoms with Gasteiger partial charge < -0.3 is 5.73 Å². The van der Waals surface area contributed by atoms with Gasteiger partial charge in [-0.3, -0.25) is 0 Å². The van der Waals surface area contributed by atoms with Crippen molar-refractivity contribution >= 4 is 0 Å². The lowest BCUT2D eigenvalue weighted by atomic mass is 9.72. The number of rotatable bonds is 2. The summed E-state index contributed by atoms with van der Waals surface area (Å²) < 4.78 is 38.7. The fourth-order valence-electron chi connectivity index (χ4n) is 3.05. The lowest BCUT2D eigenvalue weighted by molar-refractivity contribution is -0.187. The van der Waals surface area contributed by atoms with Crippen LogP contribution < -0.4 is 5.73 Å². The molecule has 1 aliphatic carbocycles. The van der Waals surface area contributed by atoms with Gasteiger partial charge in [-0.2, -0.15) is 13.2 Å². The highest BCUT2D eigenvalue weighted by Gasteiger charge is 2.46. The van der Waals surface area contributed by atoms with Crippen molar-refractivity contribution in [3.63, 3.8) is 0 Å². The van der Waals surface area contributed by atoms with Crippen LogP contribution >= 0.6 is 0 Å². The summed E-state index contributed by atoms with van der Waals surface area (Å²) >= 11 is 0. The molecule has 2 unspecified atom stereocenters. The molecule has 112 valence electrons. The van der Waals surface area contributed by atoms with E-state index in [0.717, 1.165) is 5.56 Å². The van der Waals surface area contributed by atoms with E-state index in [0.29, 0.717) is 18.8 Å². The molecular weight excluding hydrogens is 263 g/mol. The van der Waals surface area contributed by atoms with E-state index in [4.69, 9.17) is 5.73 Å². The molecule has 0 heterocycles. The third kappa shape index (κ3) is 3.17. The largest absolute Gasteiger partial charge is 0.391 e. The smallest absolute Gasteiger partial charge is 0.321 e. The van der Waals surface area contributed by atoms with Crippen molar-refractivity contribution in [2.24, 2.45) is 11.7 Å². The topological polar surface area (TPSA) is 26.0 Å². The zero-order valence-corrected chi connectivity index (χ0v) is 12.0. The van der Waals surface area contributed by atoms with E-state index in [1.807, 2.05) is 24.3 Å². The first kappa shape index (κ1) is 15.4. The maximum Gasteiger partial charge on any atom is 0.391 e. The number of alkyl halides is 3. The lowest BCUT2D eigenvalue weighted by Crippen LogP contribution is -2.44. The number of halogens is 3. The van der Waals surface area contributed by atoms with Crippen LogP contribution in [-0.4, -0.2) is 6.18 Å². The summed E-state index contributed by atoms with van der Waals surface area (Å²) in [6.07, 6.45) is -2.78. The van der Waals surface area contributed by atoms with Crippen molar-refractivity contribution < 1.29 is 13.2 Å². The molecule has 20 heavy (non-hydrogen) atoms. The molecule has 0 aromatic heterocycles. The van der Waals surface area contributed by atoms with Crippen LogP contribution in [0, 0.1) is 5.92 Å². The molecule has 1 nitrogen and oxygen atoms in total. The van der Waals surface area contributed by atoms with Gasteiger partial charge in [0.25, 0.3) is 0 Å². The number of hydrogen-bond donors (Lipinski definition) is 1. The molecule has 1 aliphatic rings. The number of hydrogen-bond acceptors (Lipinski definition) is 1.